The van der Waals surface area contributed by atoms with Gasteiger partial charge in [0, 0.05) is 19.2 Å². The van der Waals surface area contributed by atoms with Crippen LogP contribution in [0.25, 0.3) is 0 Å². The summed E-state index contributed by atoms with van der Waals surface area (Å²) < 4.78 is 5.19. The molecule has 104 valence electrons. The molecule has 6 heteroatoms. The van der Waals surface area contributed by atoms with Crippen molar-refractivity contribution < 1.29 is 14.3 Å². The van der Waals surface area contributed by atoms with Gasteiger partial charge < -0.3 is 20.3 Å². The smallest absolute Gasteiger partial charge is 0.318 e. The fourth-order valence-electron chi connectivity index (χ4n) is 1.78. The molecule has 1 unspecified atom stereocenters. The summed E-state index contributed by atoms with van der Waals surface area (Å²) in [6.07, 6.45) is 0.835. The maximum atomic E-state index is 11.9. The fourth-order valence-corrected chi connectivity index (χ4v) is 1.78. The first-order valence-corrected chi connectivity index (χ1v) is 6.45. The summed E-state index contributed by atoms with van der Waals surface area (Å²) in [7, 11) is 0. The van der Waals surface area contributed by atoms with Crippen molar-refractivity contribution in [2.45, 2.75) is 39.3 Å². The molecule has 0 spiro atoms. The second-order valence-electron chi connectivity index (χ2n) is 4.75. The van der Waals surface area contributed by atoms with E-state index in [9.17, 15) is 9.59 Å². The number of nitrogens with zero attached hydrogens (tertiary/aromatic N) is 1. The Morgan fingerprint density at radius 1 is 1.44 bits per heavy atom. The highest BCUT2D eigenvalue weighted by Crippen LogP contribution is 2.04. The van der Waals surface area contributed by atoms with Gasteiger partial charge in [-0.25, -0.2) is 4.79 Å². The maximum absolute atomic E-state index is 11.9. The maximum Gasteiger partial charge on any atom is 0.318 e. The minimum Gasteiger partial charge on any atom is -0.379 e. The topological polar surface area (TPSA) is 70.7 Å². The van der Waals surface area contributed by atoms with Gasteiger partial charge in [0.2, 0.25) is 5.91 Å². The molecule has 0 radical (unpaired) electrons. The van der Waals surface area contributed by atoms with Crippen LogP contribution in [0.15, 0.2) is 0 Å². The number of carbonyl (C=O) groups is 2. The third-order valence-corrected chi connectivity index (χ3v) is 2.71. The summed E-state index contributed by atoms with van der Waals surface area (Å²) in [4.78, 5) is 25.0. The van der Waals surface area contributed by atoms with E-state index in [-0.39, 0.29) is 30.6 Å². The van der Waals surface area contributed by atoms with Crippen molar-refractivity contribution >= 4 is 11.9 Å². The fraction of sp³-hybridized carbons (Fsp3) is 0.833. The van der Waals surface area contributed by atoms with Gasteiger partial charge in [-0.1, -0.05) is 0 Å². The molecule has 1 heterocycles. The second kappa shape index (κ2) is 7.20. The lowest BCUT2D eigenvalue weighted by molar-refractivity contribution is -0.122. The van der Waals surface area contributed by atoms with Gasteiger partial charge in [-0.05, 0) is 27.2 Å². The lowest BCUT2D eigenvalue weighted by atomic mass is 10.3. The number of amides is 3. The minimum atomic E-state index is -0.202. The quantitative estimate of drug-likeness (QED) is 0.745. The largest absolute Gasteiger partial charge is 0.379 e. The molecule has 2 N–H and O–H groups in total. The Labute approximate surface area is 108 Å². The van der Waals surface area contributed by atoms with Crippen LogP contribution in [0.1, 0.15) is 27.2 Å². The summed E-state index contributed by atoms with van der Waals surface area (Å²) in [5.41, 5.74) is 0. The van der Waals surface area contributed by atoms with E-state index in [2.05, 4.69) is 10.6 Å². The first-order valence-electron chi connectivity index (χ1n) is 6.45. The Bertz CT molecular complexity index is 288. The molecule has 0 aromatic rings. The Hall–Kier alpha value is -1.30. The predicted octanol–water partition coefficient (Wildman–Crippen LogP) is 0.331. The van der Waals surface area contributed by atoms with Crippen LogP contribution in [0.3, 0.4) is 0 Å². The van der Waals surface area contributed by atoms with Gasteiger partial charge in [0.25, 0.3) is 0 Å². The van der Waals surface area contributed by atoms with Crippen LogP contribution in [0, 0.1) is 0 Å². The number of nitrogens with one attached hydrogen (secondary N) is 2. The summed E-state index contributed by atoms with van der Waals surface area (Å²) in [6.45, 7) is 7.48. The van der Waals surface area contributed by atoms with Crippen LogP contribution in [0.2, 0.25) is 0 Å². The summed E-state index contributed by atoms with van der Waals surface area (Å²) in [5, 5.41) is 5.64. The molecule has 3 amide bonds. The minimum absolute atomic E-state index is 0.0692. The molecule has 0 aliphatic carbocycles. The highest BCUT2D eigenvalue weighted by atomic mass is 16.5. The Kier molecular flexibility index (Phi) is 5.91. The van der Waals surface area contributed by atoms with E-state index < -0.39 is 0 Å². The number of likely N-dealkylation sites (N-methyl/N-ethyl adjacent to an activating group) is 1. The van der Waals surface area contributed by atoms with Crippen molar-refractivity contribution in [3.05, 3.63) is 0 Å². The number of hydrogen-bond acceptors (Lipinski definition) is 3. The van der Waals surface area contributed by atoms with Crippen LogP contribution < -0.4 is 10.6 Å². The predicted molar refractivity (Wildman–Crippen MR) is 68.3 cm³/mol. The van der Waals surface area contributed by atoms with Crippen LogP contribution >= 0.6 is 0 Å². The molecule has 18 heavy (non-hydrogen) atoms. The van der Waals surface area contributed by atoms with Gasteiger partial charge in [0.15, 0.2) is 0 Å². The zero-order valence-electron chi connectivity index (χ0n) is 11.4. The molecule has 0 aromatic heterocycles. The highest BCUT2D eigenvalue weighted by molar-refractivity contribution is 5.84. The van der Waals surface area contributed by atoms with E-state index in [4.69, 9.17) is 4.74 Å². The molecule has 1 saturated heterocycles. The number of hydrogen-bond donors (Lipinski definition) is 2. The van der Waals surface area contributed by atoms with E-state index in [1.165, 1.54) is 4.90 Å². The van der Waals surface area contributed by atoms with Crippen molar-refractivity contribution in [1.29, 1.82) is 0 Å². The SMILES string of the molecule is CCN(CC(=O)NC(C)C)C(=O)NC1CCOC1. The molecule has 6 nitrogen and oxygen atoms in total. The summed E-state index contributed by atoms with van der Waals surface area (Å²) in [6, 6.07) is -0.0471. The van der Waals surface area contributed by atoms with Gasteiger partial charge in [0.05, 0.1) is 12.6 Å². The molecule has 1 atom stereocenters. The first-order chi connectivity index (χ1) is 8.52. The highest BCUT2D eigenvalue weighted by Gasteiger charge is 2.22. The van der Waals surface area contributed by atoms with E-state index >= 15 is 0 Å². The third kappa shape index (κ3) is 4.91. The van der Waals surface area contributed by atoms with Crippen LogP contribution in [0.5, 0.6) is 0 Å². The van der Waals surface area contributed by atoms with Gasteiger partial charge in [-0.3, -0.25) is 4.79 Å². The van der Waals surface area contributed by atoms with Crippen LogP contribution in [0.4, 0.5) is 4.79 Å². The number of urea groups is 1. The van der Waals surface area contributed by atoms with Crippen molar-refractivity contribution in [1.82, 2.24) is 15.5 Å². The van der Waals surface area contributed by atoms with Gasteiger partial charge in [-0.2, -0.15) is 0 Å². The molecular formula is C12H23N3O3. The zero-order chi connectivity index (χ0) is 13.5. The Morgan fingerprint density at radius 2 is 2.17 bits per heavy atom. The molecular weight excluding hydrogens is 234 g/mol. The number of carbonyl (C=O) groups excluding carboxylic acids is 2. The molecule has 1 aliphatic heterocycles. The average molecular weight is 257 g/mol. The van der Waals surface area contributed by atoms with Crippen molar-refractivity contribution in [2.75, 3.05) is 26.3 Å². The van der Waals surface area contributed by atoms with Gasteiger partial charge >= 0.3 is 6.03 Å². The monoisotopic (exact) mass is 257 g/mol. The summed E-state index contributed by atoms with van der Waals surface area (Å²) >= 11 is 0. The van der Waals surface area contributed by atoms with Crippen molar-refractivity contribution in [3.63, 3.8) is 0 Å². The van der Waals surface area contributed by atoms with E-state index in [1.807, 2.05) is 20.8 Å². The normalized spacial score (nSPS) is 18.8. The first kappa shape index (κ1) is 14.8. The van der Waals surface area contributed by atoms with Gasteiger partial charge in [-0.15, -0.1) is 0 Å². The average Bonchev–Trinajstić information content (AvgIpc) is 2.77. The van der Waals surface area contributed by atoms with E-state index in [0.717, 1.165) is 6.42 Å². The Balaban J connectivity index is 2.38. The van der Waals surface area contributed by atoms with E-state index in [1.54, 1.807) is 0 Å². The van der Waals surface area contributed by atoms with Gasteiger partial charge in [0.1, 0.15) is 6.54 Å². The second-order valence-corrected chi connectivity index (χ2v) is 4.75. The third-order valence-electron chi connectivity index (χ3n) is 2.71. The lowest BCUT2D eigenvalue weighted by Crippen LogP contribution is -2.49. The number of ether oxygens (including phenoxy) is 1. The lowest BCUT2D eigenvalue weighted by Gasteiger charge is -2.23. The number of rotatable bonds is 5. The van der Waals surface area contributed by atoms with Crippen molar-refractivity contribution in [3.8, 4) is 0 Å². The molecule has 0 saturated carbocycles. The summed E-state index contributed by atoms with van der Waals surface area (Å²) in [5.74, 6) is -0.135. The molecule has 0 bridgehead atoms. The molecule has 1 fully saturated rings. The van der Waals surface area contributed by atoms with E-state index in [0.29, 0.717) is 19.8 Å². The molecule has 0 aromatic carbocycles. The Morgan fingerprint density at radius 3 is 2.67 bits per heavy atom. The van der Waals surface area contributed by atoms with Crippen LogP contribution in [-0.4, -0.2) is 55.2 Å². The molecule has 1 rings (SSSR count). The standard InChI is InChI=1S/C12H23N3O3/c1-4-15(7-11(16)13-9(2)3)12(17)14-10-5-6-18-8-10/h9-10H,4-8H2,1-3H3,(H,13,16)(H,14,17). The molecule has 1 aliphatic rings. The van der Waals surface area contributed by atoms with Crippen LogP contribution in [-0.2, 0) is 9.53 Å². The zero-order valence-corrected chi connectivity index (χ0v) is 11.4. The van der Waals surface area contributed by atoms with Crippen molar-refractivity contribution in [2.24, 2.45) is 0 Å².